The molecule has 0 radical (unpaired) electrons. The second-order valence-corrected chi connectivity index (χ2v) is 10.7. The normalized spacial score (nSPS) is 11.1. The minimum absolute atomic E-state index is 0. The lowest BCUT2D eigenvalue weighted by Gasteiger charge is -2.26. The molecule has 4 aromatic rings. The van der Waals surface area contributed by atoms with Crippen molar-refractivity contribution >= 4 is 9.84 Å². The van der Waals surface area contributed by atoms with Gasteiger partial charge in [0.05, 0.1) is 16.9 Å². The molecule has 4 aromatic carbocycles. The SMILES string of the molecule is C.C.COc1ccc(S(=O)(=O)c2ccc(Oc3ccc(C(C)(C)c4ccc(C)cc4)cc3)cc2)cc1. The smallest absolute Gasteiger partial charge is 0.206 e. The molecule has 0 amide bonds. The predicted molar refractivity (Wildman–Crippen MR) is 148 cm³/mol. The third-order valence-electron chi connectivity index (χ3n) is 6.09. The molecule has 36 heavy (non-hydrogen) atoms. The first-order valence-corrected chi connectivity index (χ1v) is 12.5. The van der Waals surface area contributed by atoms with Gasteiger partial charge in [-0.2, -0.15) is 0 Å². The van der Waals surface area contributed by atoms with E-state index in [4.69, 9.17) is 9.47 Å². The summed E-state index contributed by atoms with van der Waals surface area (Å²) < 4.78 is 36.8. The molecule has 0 heterocycles. The Balaban J connectivity index is 0.00000228. The average molecular weight is 505 g/mol. The van der Waals surface area contributed by atoms with Crippen LogP contribution in [0.25, 0.3) is 0 Å². The van der Waals surface area contributed by atoms with Gasteiger partial charge >= 0.3 is 0 Å². The number of benzene rings is 4. The van der Waals surface area contributed by atoms with Gasteiger partial charge in [0, 0.05) is 5.41 Å². The molecule has 0 aliphatic rings. The van der Waals surface area contributed by atoms with E-state index in [9.17, 15) is 8.42 Å². The van der Waals surface area contributed by atoms with Crippen molar-refractivity contribution in [1.29, 1.82) is 0 Å². The van der Waals surface area contributed by atoms with Gasteiger partial charge in [-0.25, -0.2) is 8.42 Å². The summed E-state index contributed by atoms with van der Waals surface area (Å²) >= 11 is 0. The van der Waals surface area contributed by atoms with Gasteiger partial charge in [0.2, 0.25) is 9.84 Å². The summed E-state index contributed by atoms with van der Waals surface area (Å²) in [6.07, 6.45) is 0. The summed E-state index contributed by atoms with van der Waals surface area (Å²) in [5.41, 5.74) is 3.54. The van der Waals surface area contributed by atoms with Gasteiger partial charge in [-0.3, -0.25) is 0 Å². The van der Waals surface area contributed by atoms with Crippen LogP contribution < -0.4 is 9.47 Å². The van der Waals surface area contributed by atoms with Crippen LogP contribution in [0.1, 0.15) is 45.4 Å². The van der Waals surface area contributed by atoms with Gasteiger partial charge in [-0.15, -0.1) is 0 Å². The van der Waals surface area contributed by atoms with E-state index >= 15 is 0 Å². The summed E-state index contributed by atoms with van der Waals surface area (Å²) in [6, 6.07) is 29.4. The van der Waals surface area contributed by atoms with Gasteiger partial charge < -0.3 is 9.47 Å². The fourth-order valence-corrected chi connectivity index (χ4v) is 5.05. The number of hydrogen-bond donors (Lipinski definition) is 0. The molecular formula is C31H36O4S. The van der Waals surface area contributed by atoms with Crippen LogP contribution in [-0.2, 0) is 15.3 Å². The van der Waals surface area contributed by atoms with Crippen LogP contribution in [0, 0.1) is 6.92 Å². The lowest BCUT2D eigenvalue weighted by atomic mass is 9.78. The van der Waals surface area contributed by atoms with Crippen molar-refractivity contribution in [3.05, 3.63) is 114 Å². The van der Waals surface area contributed by atoms with E-state index in [1.165, 1.54) is 28.8 Å². The Morgan fingerprint density at radius 1 is 0.583 bits per heavy atom. The average Bonchev–Trinajstić information content (AvgIpc) is 2.85. The second-order valence-electron chi connectivity index (χ2n) is 8.77. The molecule has 0 saturated heterocycles. The van der Waals surface area contributed by atoms with Gasteiger partial charge in [0.15, 0.2) is 0 Å². The Bertz CT molecular complexity index is 1350. The van der Waals surface area contributed by atoms with E-state index in [2.05, 4.69) is 57.2 Å². The monoisotopic (exact) mass is 504 g/mol. The minimum atomic E-state index is -3.62. The third-order valence-corrected chi connectivity index (χ3v) is 7.87. The molecular weight excluding hydrogens is 468 g/mol. The zero-order valence-corrected chi connectivity index (χ0v) is 20.6. The van der Waals surface area contributed by atoms with Crippen LogP contribution >= 0.6 is 0 Å². The number of rotatable bonds is 7. The molecule has 0 atom stereocenters. The third kappa shape index (κ3) is 5.97. The molecule has 0 saturated carbocycles. The zero-order valence-electron chi connectivity index (χ0n) is 19.8. The highest BCUT2D eigenvalue weighted by molar-refractivity contribution is 7.91. The van der Waals surface area contributed by atoms with Gasteiger partial charge in [0.1, 0.15) is 17.2 Å². The van der Waals surface area contributed by atoms with E-state index in [1.807, 2.05) is 12.1 Å². The Hall–Kier alpha value is -3.57. The molecule has 190 valence electrons. The lowest BCUT2D eigenvalue weighted by molar-refractivity contribution is 0.414. The maximum absolute atomic E-state index is 12.9. The van der Waals surface area contributed by atoms with E-state index in [0.717, 1.165) is 0 Å². The largest absolute Gasteiger partial charge is 0.497 e. The summed E-state index contributed by atoms with van der Waals surface area (Å²) in [6.45, 7) is 6.50. The maximum Gasteiger partial charge on any atom is 0.206 e. The van der Waals surface area contributed by atoms with E-state index in [-0.39, 0.29) is 30.1 Å². The molecule has 4 nitrogen and oxygen atoms in total. The predicted octanol–water partition coefficient (Wildman–Crippen LogP) is 8.23. The first-order valence-electron chi connectivity index (χ1n) is 11.0. The standard InChI is InChI=1S/C29H28O4S.2CH4/c1-21-5-7-22(8-6-21)29(2,3)23-9-11-25(12-10-23)33-26-15-19-28(20-16-26)34(30,31)27-17-13-24(32-4)14-18-27;;/h5-20H,1-4H3;2*1H4. The Morgan fingerprint density at radius 3 is 1.36 bits per heavy atom. The lowest BCUT2D eigenvalue weighted by Crippen LogP contribution is -2.18. The minimum Gasteiger partial charge on any atom is -0.497 e. The van der Waals surface area contributed by atoms with Crippen molar-refractivity contribution in [3.63, 3.8) is 0 Å². The van der Waals surface area contributed by atoms with Gasteiger partial charge in [0.25, 0.3) is 0 Å². The van der Waals surface area contributed by atoms with Crippen LogP contribution in [0.2, 0.25) is 0 Å². The van der Waals surface area contributed by atoms with Crippen molar-refractivity contribution in [1.82, 2.24) is 0 Å². The Morgan fingerprint density at radius 2 is 0.944 bits per heavy atom. The molecule has 5 heteroatoms. The molecule has 0 aromatic heterocycles. The molecule has 0 aliphatic heterocycles. The summed E-state index contributed by atoms with van der Waals surface area (Å²) in [5, 5.41) is 0. The van der Waals surface area contributed by atoms with Crippen LogP contribution in [0.5, 0.6) is 17.2 Å². The van der Waals surface area contributed by atoms with Crippen molar-refractivity contribution < 1.29 is 17.9 Å². The highest BCUT2D eigenvalue weighted by Crippen LogP contribution is 2.33. The van der Waals surface area contributed by atoms with Gasteiger partial charge in [-0.05, 0) is 78.7 Å². The van der Waals surface area contributed by atoms with E-state index in [0.29, 0.717) is 17.2 Å². The molecule has 0 unspecified atom stereocenters. The Labute approximate surface area is 216 Å². The molecule has 0 N–H and O–H groups in total. The fraction of sp³-hybridized carbons (Fsp3) is 0.226. The van der Waals surface area contributed by atoms with E-state index < -0.39 is 9.84 Å². The van der Waals surface area contributed by atoms with Crippen molar-refractivity contribution in [2.75, 3.05) is 7.11 Å². The van der Waals surface area contributed by atoms with Crippen LogP contribution in [0.4, 0.5) is 0 Å². The van der Waals surface area contributed by atoms with E-state index in [1.54, 1.807) is 43.5 Å². The van der Waals surface area contributed by atoms with Crippen LogP contribution in [-0.4, -0.2) is 15.5 Å². The molecule has 0 bridgehead atoms. The van der Waals surface area contributed by atoms with Crippen molar-refractivity contribution in [2.24, 2.45) is 0 Å². The highest BCUT2D eigenvalue weighted by atomic mass is 32.2. The second kappa shape index (κ2) is 11.4. The Kier molecular flexibility index (Phi) is 9.11. The first-order chi connectivity index (χ1) is 16.2. The van der Waals surface area contributed by atoms with Crippen LogP contribution in [0.15, 0.2) is 107 Å². The number of methoxy groups -OCH3 is 1. The topological polar surface area (TPSA) is 52.6 Å². The molecule has 0 aliphatic carbocycles. The number of aryl methyl sites for hydroxylation is 1. The molecule has 0 fully saturated rings. The number of hydrogen-bond acceptors (Lipinski definition) is 4. The maximum atomic E-state index is 12.9. The fourth-order valence-electron chi connectivity index (χ4n) is 3.79. The molecule has 0 spiro atoms. The molecule has 4 rings (SSSR count). The summed E-state index contributed by atoms with van der Waals surface area (Å²) in [7, 11) is -2.07. The van der Waals surface area contributed by atoms with Gasteiger partial charge in [-0.1, -0.05) is 70.7 Å². The highest BCUT2D eigenvalue weighted by Gasteiger charge is 2.23. The number of ether oxygens (including phenoxy) is 2. The quantitative estimate of drug-likeness (QED) is 0.254. The number of sulfone groups is 1. The van der Waals surface area contributed by atoms with Crippen LogP contribution in [0.3, 0.4) is 0 Å². The first kappa shape index (κ1) is 28.7. The summed E-state index contributed by atoms with van der Waals surface area (Å²) in [5.74, 6) is 1.87. The van der Waals surface area contributed by atoms with Crippen molar-refractivity contribution in [3.8, 4) is 17.2 Å². The summed E-state index contributed by atoms with van der Waals surface area (Å²) in [4.78, 5) is 0.425. The zero-order chi connectivity index (χ0) is 24.3. The van der Waals surface area contributed by atoms with Crippen molar-refractivity contribution in [2.45, 2.75) is 50.8 Å².